The number of hydrogen-bond donors (Lipinski definition) is 2. The van der Waals surface area contributed by atoms with Crippen molar-refractivity contribution in [2.75, 3.05) is 0 Å². The molecule has 0 saturated carbocycles. The first-order valence-electron chi connectivity index (χ1n) is 3.98. The molecule has 2 N–H and O–H groups in total. The fourth-order valence-electron chi connectivity index (χ4n) is 1.17. The van der Waals surface area contributed by atoms with Gasteiger partial charge in [0.25, 0.3) is 0 Å². The third kappa shape index (κ3) is 1.42. The van der Waals surface area contributed by atoms with E-state index in [2.05, 4.69) is 21.8 Å². The molecule has 2 heterocycles. The van der Waals surface area contributed by atoms with Crippen LogP contribution in [0, 0.1) is 5.41 Å². The highest BCUT2D eigenvalue weighted by molar-refractivity contribution is 8.16. The average Bonchev–Trinajstić information content (AvgIpc) is 2.61. The minimum Gasteiger partial charge on any atom is -0.292 e. The Kier molecular flexibility index (Phi) is 2.32. The Labute approximate surface area is 84.9 Å². The highest BCUT2D eigenvalue weighted by Gasteiger charge is 2.09. The van der Waals surface area contributed by atoms with Crippen LogP contribution in [0.1, 0.15) is 5.69 Å². The van der Waals surface area contributed by atoms with Gasteiger partial charge < -0.3 is 0 Å². The summed E-state index contributed by atoms with van der Waals surface area (Å²) in [6, 6.07) is 3.71. The first-order chi connectivity index (χ1) is 6.83. The molecular weight excluding hydrogens is 196 g/mol. The van der Waals surface area contributed by atoms with Gasteiger partial charge in [0.05, 0.1) is 5.69 Å². The maximum Gasteiger partial charge on any atom is 0.181 e. The van der Waals surface area contributed by atoms with Gasteiger partial charge in [-0.1, -0.05) is 18.3 Å². The smallest absolute Gasteiger partial charge is 0.181 e. The summed E-state index contributed by atoms with van der Waals surface area (Å²) < 4.78 is 0. The zero-order chi connectivity index (χ0) is 9.97. The Morgan fingerprint density at radius 3 is 3.29 bits per heavy atom. The Morgan fingerprint density at radius 2 is 2.50 bits per heavy atom. The van der Waals surface area contributed by atoms with Crippen LogP contribution in [0.15, 0.2) is 30.3 Å². The molecule has 0 aromatic carbocycles. The number of rotatable bonds is 2. The topological polar surface area (TPSA) is 65.4 Å². The second-order valence-electron chi connectivity index (χ2n) is 2.59. The molecule has 0 saturated heterocycles. The van der Waals surface area contributed by atoms with Crippen molar-refractivity contribution in [3.05, 3.63) is 36.0 Å². The highest BCUT2D eigenvalue weighted by atomic mass is 32.2. The summed E-state index contributed by atoms with van der Waals surface area (Å²) in [6.45, 7) is 3.56. The molecule has 70 valence electrons. The van der Waals surface area contributed by atoms with Crippen LogP contribution in [0.3, 0.4) is 0 Å². The summed E-state index contributed by atoms with van der Waals surface area (Å²) in [5, 5.41) is 17.4. The molecule has 0 spiro atoms. The van der Waals surface area contributed by atoms with E-state index in [-0.39, 0.29) is 0 Å². The van der Waals surface area contributed by atoms with Crippen LogP contribution in [0.2, 0.25) is 0 Å². The number of aromatic amines is 1. The largest absolute Gasteiger partial charge is 0.292 e. The maximum atomic E-state index is 7.72. The van der Waals surface area contributed by atoms with E-state index >= 15 is 0 Å². The molecular formula is C9H8N4S. The predicted octanol–water partition coefficient (Wildman–Crippen LogP) is 2.16. The van der Waals surface area contributed by atoms with Crippen LogP contribution in [-0.2, 0) is 0 Å². The van der Waals surface area contributed by atoms with Crippen molar-refractivity contribution in [2.45, 2.75) is 0 Å². The van der Waals surface area contributed by atoms with Crippen LogP contribution >= 0.6 is 11.8 Å². The van der Waals surface area contributed by atoms with Crippen molar-refractivity contribution >= 4 is 27.8 Å². The number of thioether (sulfide) groups is 1. The lowest BCUT2D eigenvalue weighted by molar-refractivity contribution is 1.09. The highest BCUT2D eigenvalue weighted by Crippen LogP contribution is 2.18. The third-order valence-corrected chi connectivity index (χ3v) is 2.36. The summed E-state index contributed by atoms with van der Waals surface area (Å²) in [6.07, 6.45) is 1.68. The van der Waals surface area contributed by atoms with Gasteiger partial charge in [-0.05, 0) is 17.5 Å². The molecule has 0 unspecified atom stereocenters. The number of aromatic nitrogens is 3. The van der Waals surface area contributed by atoms with Crippen molar-refractivity contribution in [3.8, 4) is 0 Å². The molecule has 2 aromatic heterocycles. The Morgan fingerprint density at radius 1 is 1.64 bits per heavy atom. The van der Waals surface area contributed by atoms with E-state index in [9.17, 15) is 0 Å². The molecule has 0 bridgehead atoms. The molecule has 0 aliphatic carbocycles. The van der Waals surface area contributed by atoms with Gasteiger partial charge in [-0.15, -0.1) is 0 Å². The predicted molar refractivity (Wildman–Crippen MR) is 58.5 cm³/mol. The van der Waals surface area contributed by atoms with Gasteiger partial charge >= 0.3 is 0 Å². The van der Waals surface area contributed by atoms with Crippen molar-refractivity contribution in [1.82, 2.24) is 15.2 Å². The van der Waals surface area contributed by atoms with Crippen molar-refractivity contribution in [3.63, 3.8) is 0 Å². The summed E-state index contributed by atoms with van der Waals surface area (Å²) >= 11 is 1.25. The lowest BCUT2D eigenvalue weighted by Gasteiger charge is -1.95. The van der Waals surface area contributed by atoms with Crippen LogP contribution in [-0.4, -0.2) is 20.2 Å². The third-order valence-electron chi connectivity index (χ3n) is 1.76. The minimum atomic E-state index is 0.399. The number of pyridine rings is 1. The van der Waals surface area contributed by atoms with Crippen molar-refractivity contribution in [1.29, 1.82) is 5.41 Å². The van der Waals surface area contributed by atoms with Gasteiger partial charge in [-0.2, -0.15) is 5.10 Å². The zero-order valence-electron chi connectivity index (χ0n) is 7.32. The molecule has 2 aromatic rings. The quantitative estimate of drug-likeness (QED) is 0.582. The SMILES string of the molecule is C=CSC(=N)c1[nH]nc2ncccc12. The van der Waals surface area contributed by atoms with E-state index < -0.39 is 0 Å². The second kappa shape index (κ2) is 3.63. The van der Waals surface area contributed by atoms with E-state index in [0.717, 1.165) is 5.39 Å². The van der Waals surface area contributed by atoms with Gasteiger partial charge in [0, 0.05) is 11.6 Å². The number of hydrogen-bond acceptors (Lipinski definition) is 4. The summed E-state index contributed by atoms with van der Waals surface area (Å²) in [7, 11) is 0. The summed E-state index contributed by atoms with van der Waals surface area (Å²) in [5.74, 6) is 0. The van der Waals surface area contributed by atoms with E-state index in [1.807, 2.05) is 12.1 Å². The van der Waals surface area contributed by atoms with Crippen LogP contribution < -0.4 is 0 Å². The molecule has 2 rings (SSSR count). The van der Waals surface area contributed by atoms with Gasteiger partial charge in [0.2, 0.25) is 0 Å². The molecule has 0 amide bonds. The van der Waals surface area contributed by atoms with E-state index in [1.165, 1.54) is 11.8 Å². The van der Waals surface area contributed by atoms with E-state index in [4.69, 9.17) is 5.41 Å². The molecule has 0 atom stereocenters. The normalized spacial score (nSPS) is 10.3. The lowest BCUT2D eigenvalue weighted by Crippen LogP contribution is -1.92. The molecule has 0 aliphatic rings. The molecule has 14 heavy (non-hydrogen) atoms. The van der Waals surface area contributed by atoms with E-state index in [0.29, 0.717) is 16.4 Å². The zero-order valence-corrected chi connectivity index (χ0v) is 8.14. The van der Waals surface area contributed by atoms with Crippen molar-refractivity contribution in [2.24, 2.45) is 0 Å². The lowest BCUT2D eigenvalue weighted by atomic mass is 10.3. The Hall–Kier alpha value is -1.62. The molecule has 0 fully saturated rings. The molecule has 4 nitrogen and oxygen atoms in total. The van der Waals surface area contributed by atoms with Gasteiger partial charge in [-0.25, -0.2) is 4.98 Å². The monoisotopic (exact) mass is 204 g/mol. The number of nitrogens with one attached hydrogen (secondary N) is 2. The number of fused-ring (bicyclic) bond motifs is 1. The molecule has 5 heteroatoms. The standard InChI is InChI=1S/C9H8N4S/c1-2-14-8(10)7-6-4-3-5-11-9(6)13-12-7/h2-5,10H,1H2,(H,11,12,13). The van der Waals surface area contributed by atoms with Crippen LogP contribution in [0.4, 0.5) is 0 Å². The Bertz CT molecular complexity index is 488. The number of nitrogens with zero attached hydrogens (tertiary/aromatic N) is 2. The van der Waals surface area contributed by atoms with Crippen LogP contribution in [0.5, 0.6) is 0 Å². The summed E-state index contributed by atoms with van der Waals surface area (Å²) in [4.78, 5) is 4.07. The minimum absolute atomic E-state index is 0.399. The number of H-pyrrole nitrogens is 1. The second-order valence-corrected chi connectivity index (χ2v) is 3.56. The van der Waals surface area contributed by atoms with E-state index in [1.54, 1.807) is 11.6 Å². The summed E-state index contributed by atoms with van der Waals surface area (Å²) in [5.41, 5.74) is 1.33. The molecule has 0 radical (unpaired) electrons. The van der Waals surface area contributed by atoms with Crippen LogP contribution in [0.25, 0.3) is 11.0 Å². The average molecular weight is 204 g/mol. The van der Waals surface area contributed by atoms with Gasteiger partial charge in [0.1, 0.15) is 5.04 Å². The first-order valence-corrected chi connectivity index (χ1v) is 4.86. The fourth-order valence-corrected chi connectivity index (χ4v) is 1.61. The first kappa shape index (κ1) is 8.96. The maximum absolute atomic E-state index is 7.72. The van der Waals surface area contributed by atoms with Crippen molar-refractivity contribution < 1.29 is 0 Å². The Balaban J connectivity index is 2.52. The fraction of sp³-hybridized carbons (Fsp3) is 0. The van der Waals surface area contributed by atoms with Gasteiger partial charge in [0.15, 0.2) is 5.65 Å². The van der Waals surface area contributed by atoms with Gasteiger partial charge in [-0.3, -0.25) is 10.5 Å². The molecule has 0 aliphatic heterocycles.